The van der Waals surface area contributed by atoms with Crippen LogP contribution in [0.2, 0.25) is 0 Å². The average molecular weight is 353 g/mol. The van der Waals surface area contributed by atoms with E-state index in [0.717, 1.165) is 0 Å². The fourth-order valence-electron chi connectivity index (χ4n) is 2.11. The largest absolute Gasteiger partial charge is 0.462 e. The van der Waals surface area contributed by atoms with E-state index in [1.165, 1.54) is 12.1 Å². The normalized spacial score (nSPS) is 9.88. The number of carbonyl (C=O) groups excluding carboxylic acids is 3. The van der Waals surface area contributed by atoms with Gasteiger partial charge >= 0.3 is 5.97 Å². The number of hydrogen-bond donors (Lipinski definition) is 2. The predicted molar refractivity (Wildman–Crippen MR) is 97.1 cm³/mol. The van der Waals surface area contributed by atoms with Gasteiger partial charge in [-0.25, -0.2) is 9.78 Å². The van der Waals surface area contributed by atoms with Crippen molar-refractivity contribution in [2.24, 2.45) is 0 Å². The van der Waals surface area contributed by atoms with Crippen LogP contribution in [-0.4, -0.2) is 35.9 Å². The first-order chi connectivity index (χ1) is 12.6. The summed E-state index contributed by atoms with van der Waals surface area (Å²) in [6.45, 7) is 5.74. The predicted octanol–water partition coefficient (Wildman–Crippen LogP) is 2.43. The highest BCUT2D eigenvalue weighted by Crippen LogP contribution is 2.17. The lowest BCUT2D eigenvalue weighted by Crippen LogP contribution is -2.25. The minimum Gasteiger partial charge on any atom is -0.462 e. The van der Waals surface area contributed by atoms with Crippen molar-refractivity contribution in [3.63, 3.8) is 0 Å². The van der Waals surface area contributed by atoms with Crippen LogP contribution in [0.15, 0.2) is 55.1 Å². The third kappa shape index (κ3) is 4.76. The molecule has 0 unspecified atom stereocenters. The summed E-state index contributed by atoms with van der Waals surface area (Å²) in [5, 5.41) is 5.22. The number of esters is 1. The van der Waals surface area contributed by atoms with Crippen molar-refractivity contribution in [1.29, 1.82) is 0 Å². The zero-order valence-electron chi connectivity index (χ0n) is 14.3. The number of amides is 2. The van der Waals surface area contributed by atoms with E-state index in [1.807, 2.05) is 0 Å². The average Bonchev–Trinajstić information content (AvgIpc) is 2.66. The van der Waals surface area contributed by atoms with E-state index >= 15 is 0 Å². The molecule has 134 valence electrons. The molecule has 0 bridgehead atoms. The van der Waals surface area contributed by atoms with Crippen molar-refractivity contribution in [1.82, 2.24) is 10.3 Å². The zero-order valence-corrected chi connectivity index (χ0v) is 14.3. The van der Waals surface area contributed by atoms with Gasteiger partial charge in [0, 0.05) is 6.54 Å². The van der Waals surface area contributed by atoms with Gasteiger partial charge in [0.25, 0.3) is 11.8 Å². The number of carbonyl (C=O) groups is 3. The van der Waals surface area contributed by atoms with Crippen LogP contribution >= 0.6 is 0 Å². The molecular formula is C19H19N3O4. The maximum atomic E-state index is 12.5. The highest BCUT2D eigenvalue weighted by atomic mass is 16.5. The molecule has 0 radical (unpaired) electrons. The highest BCUT2D eigenvalue weighted by molar-refractivity contribution is 6.07. The molecule has 1 aromatic carbocycles. The molecule has 0 atom stereocenters. The Labute approximate surface area is 151 Å². The lowest BCUT2D eigenvalue weighted by molar-refractivity contribution is 0.0527. The van der Waals surface area contributed by atoms with Gasteiger partial charge in [0.2, 0.25) is 0 Å². The molecule has 7 nitrogen and oxygen atoms in total. The number of ether oxygens (including phenoxy) is 1. The van der Waals surface area contributed by atoms with Crippen LogP contribution in [0.25, 0.3) is 0 Å². The van der Waals surface area contributed by atoms with E-state index in [4.69, 9.17) is 4.74 Å². The number of rotatable bonds is 7. The smallest absolute Gasteiger partial charge is 0.340 e. The van der Waals surface area contributed by atoms with E-state index in [-0.39, 0.29) is 23.6 Å². The summed E-state index contributed by atoms with van der Waals surface area (Å²) in [6.07, 6.45) is 1.54. The molecule has 2 aromatic rings. The number of hydrogen-bond acceptors (Lipinski definition) is 5. The first-order valence-corrected chi connectivity index (χ1v) is 8.00. The van der Waals surface area contributed by atoms with E-state index in [2.05, 4.69) is 22.2 Å². The molecule has 2 amide bonds. The van der Waals surface area contributed by atoms with Crippen LogP contribution in [-0.2, 0) is 4.74 Å². The molecule has 2 rings (SSSR count). The van der Waals surface area contributed by atoms with Crippen LogP contribution in [0.5, 0.6) is 0 Å². The molecule has 1 aromatic heterocycles. The molecule has 26 heavy (non-hydrogen) atoms. The Kier molecular flexibility index (Phi) is 6.61. The number of nitrogens with zero attached hydrogens (tertiary/aromatic N) is 1. The molecule has 1 heterocycles. The molecule has 0 fully saturated rings. The molecule has 0 aliphatic heterocycles. The Morgan fingerprint density at radius 2 is 1.77 bits per heavy atom. The molecule has 0 saturated carbocycles. The Bertz CT molecular complexity index is 833. The highest BCUT2D eigenvalue weighted by Gasteiger charge is 2.16. The number of anilines is 1. The summed E-state index contributed by atoms with van der Waals surface area (Å²) >= 11 is 0. The van der Waals surface area contributed by atoms with Crippen LogP contribution in [0.3, 0.4) is 0 Å². The van der Waals surface area contributed by atoms with Gasteiger partial charge in [-0.3, -0.25) is 9.59 Å². The fraction of sp³-hybridized carbons (Fsp3) is 0.158. The number of benzene rings is 1. The van der Waals surface area contributed by atoms with Crippen LogP contribution < -0.4 is 10.6 Å². The number of para-hydroxylation sites is 1. The zero-order chi connectivity index (χ0) is 18.9. The summed E-state index contributed by atoms with van der Waals surface area (Å²) in [5.41, 5.74) is 0.704. The Morgan fingerprint density at radius 3 is 2.46 bits per heavy atom. The quantitative estimate of drug-likeness (QED) is 0.588. The summed E-state index contributed by atoms with van der Waals surface area (Å²) in [6, 6.07) is 11.0. The molecule has 0 spiro atoms. The first kappa shape index (κ1) is 18.9. The summed E-state index contributed by atoms with van der Waals surface area (Å²) in [7, 11) is 0. The lowest BCUT2D eigenvalue weighted by atomic mass is 10.1. The van der Waals surface area contributed by atoms with Crippen LogP contribution in [0, 0.1) is 0 Å². The van der Waals surface area contributed by atoms with E-state index in [9.17, 15) is 14.4 Å². The van der Waals surface area contributed by atoms with Gasteiger partial charge in [0.15, 0.2) is 0 Å². The molecule has 0 aliphatic rings. The number of nitrogens with one attached hydrogen (secondary N) is 2. The lowest BCUT2D eigenvalue weighted by Gasteiger charge is -2.10. The van der Waals surface area contributed by atoms with Crippen LogP contribution in [0.1, 0.15) is 38.3 Å². The summed E-state index contributed by atoms with van der Waals surface area (Å²) < 4.78 is 4.98. The third-order valence-electron chi connectivity index (χ3n) is 3.29. The van der Waals surface area contributed by atoms with Gasteiger partial charge in [0.05, 0.1) is 17.9 Å². The standard InChI is InChI=1S/C19H19N3O4/c1-3-12-20-17(23)15-10-7-11-16(21-15)18(24)22-14-9-6-5-8-13(14)19(25)26-4-2/h3,5-11H,1,4,12H2,2H3,(H,20,23)(H,22,24). The Morgan fingerprint density at radius 1 is 1.08 bits per heavy atom. The molecule has 0 saturated heterocycles. The number of pyridine rings is 1. The third-order valence-corrected chi connectivity index (χ3v) is 3.29. The fourth-order valence-corrected chi connectivity index (χ4v) is 2.11. The summed E-state index contributed by atoms with van der Waals surface area (Å²) in [5.74, 6) is -1.49. The van der Waals surface area contributed by atoms with E-state index in [0.29, 0.717) is 12.2 Å². The van der Waals surface area contributed by atoms with Gasteiger partial charge in [0.1, 0.15) is 11.4 Å². The van der Waals surface area contributed by atoms with Crippen molar-refractivity contribution in [3.05, 3.63) is 72.1 Å². The maximum Gasteiger partial charge on any atom is 0.340 e. The monoisotopic (exact) mass is 353 g/mol. The van der Waals surface area contributed by atoms with Gasteiger partial charge in [-0.1, -0.05) is 24.3 Å². The van der Waals surface area contributed by atoms with Gasteiger partial charge in [-0.05, 0) is 31.2 Å². The van der Waals surface area contributed by atoms with E-state index in [1.54, 1.807) is 43.3 Å². The SMILES string of the molecule is C=CCNC(=O)c1cccc(C(=O)Nc2ccccc2C(=O)OCC)n1. The Hall–Kier alpha value is -3.48. The second kappa shape index (κ2) is 9.12. The van der Waals surface area contributed by atoms with Gasteiger partial charge < -0.3 is 15.4 Å². The summed E-state index contributed by atoms with van der Waals surface area (Å²) in [4.78, 5) is 40.4. The van der Waals surface area contributed by atoms with Crippen LogP contribution in [0.4, 0.5) is 5.69 Å². The molecular weight excluding hydrogens is 334 g/mol. The molecule has 2 N–H and O–H groups in total. The molecule has 0 aliphatic carbocycles. The first-order valence-electron chi connectivity index (χ1n) is 8.00. The van der Waals surface area contributed by atoms with Crippen molar-refractivity contribution in [2.45, 2.75) is 6.92 Å². The Balaban J connectivity index is 2.20. The second-order valence-corrected chi connectivity index (χ2v) is 5.13. The number of aromatic nitrogens is 1. The van der Waals surface area contributed by atoms with Gasteiger partial charge in [-0.15, -0.1) is 6.58 Å². The topological polar surface area (TPSA) is 97.4 Å². The van der Waals surface area contributed by atoms with Crippen molar-refractivity contribution in [3.8, 4) is 0 Å². The second-order valence-electron chi connectivity index (χ2n) is 5.13. The minimum absolute atomic E-state index is 0.0508. The molecule has 7 heteroatoms. The van der Waals surface area contributed by atoms with Crippen molar-refractivity contribution < 1.29 is 19.1 Å². The minimum atomic E-state index is -0.542. The van der Waals surface area contributed by atoms with E-state index < -0.39 is 17.8 Å². The van der Waals surface area contributed by atoms with Crippen molar-refractivity contribution >= 4 is 23.5 Å². The van der Waals surface area contributed by atoms with Gasteiger partial charge in [-0.2, -0.15) is 0 Å². The maximum absolute atomic E-state index is 12.5. The van der Waals surface area contributed by atoms with Crippen molar-refractivity contribution in [2.75, 3.05) is 18.5 Å².